The van der Waals surface area contributed by atoms with Crippen LogP contribution in [0.4, 0.5) is 0 Å². The fourth-order valence-electron chi connectivity index (χ4n) is 5.59. The van der Waals surface area contributed by atoms with Gasteiger partial charge in [-0.15, -0.1) is 6.58 Å². The van der Waals surface area contributed by atoms with Gasteiger partial charge >= 0.3 is 0 Å². The quantitative estimate of drug-likeness (QED) is 0.151. The van der Waals surface area contributed by atoms with Gasteiger partial charge in [-0.25, -0.2) is 0 Å². The van der Waals surface area contributed by atoms with Crippen LogP contribution in [0.25, 0.3) is 45.7 Å². The Hall–Kier alpha value is -4.68. The van der Waals surface area contributed by atoms with E-state index >= 15 is 0 Å². The average Bonchev–Trinajstić information content (AvgIpc) is 3.19. The molecule has 3 rings (SSSR count). The number of benzene rings is 3. The number of fused-ring (bicyclic) bond motifs is 1. The summed E-state index contributed by atoms with van der Waals surface area (Å²) in [4.78, 5) is 0. The van der Waals surface area contributed by atoms with Gasteiger partial charge in [0.25, 0.3) is 0 Å². The number of hydrogen-bond acceptors (Lipinski definition) is 0. The summed E-state index contributed by atoms with van der Waals surface area (Å²) in [6, 6.07) is 11.0. The minimum absolute atomic E-state index is 0. The highest BCUT2D eigenvalue weighted by molar-refractivity contribution is 6.00. The van der Waals surface area contributed by atoms with Gasteiger partial charge in [-0.1, -0.05) is 191 Å². The van der Waals surface area contributed by atoms with Crippen molar-refractivity contribution >= 4 is 45.7 Å². The third-order valence-electron chi connectivity index (χ3n) is 7.78. The van der Waals surface area contributed by atoms with Crippen molar-refractivity contribution in [1.82, 2.24) is 0 Å². The fraction of sp³-hybridized carbons (Fsp3) is 0.345. The number of aryl methyl sites for hydroxylation is 2. The van der Waals surface area contributed by atoms with E-state index in [1.807, 2.05) is 94.4 Å². The first-order valence-corrected chi connectivity index (χ1v) is 20.0. The lowest BCUT2D eigenvalue weighted by Crippen LogP contribution is -1.98. The Morgan fingerprint density at radius 3 is 1.58 bits per heavy atom. The van der Waals surface area contributed by atoms with Crippen molar-refractivity contribution in [2.75, 3.05) is 0 Å². The summed E-state index contributed by atoms with van der Waals surface area (Å²) in [7, 11) is 0. The van der Waals surface area contributed by atoms with Crippen LogP contribution >= 0.6 is 0 Å². The van der Waals surface area contributed by atoms with Gasteiger partial charge in [0.1, 0.15) is 0 Å². The molecule has 3 aromatic rings. The summed E-state index contributed by atoms with van der Waals surface area (Å²) in [6.07, 6.45) is 22.2. The zero-order chi connectivity index (χ0) is 43.0. The maximum atomic E-state index is 4.06. The molecule has 0 atom stereocenters. The molecule has 0 spiro atoms. The van der Waals surface area contributed by atoms with Crippen LogP contribution in [0.3, 0.4) is 0 Å². The predicted octanol–water partition coefficient (Wildman–Crippen LogP) is 19.3. The van der Waals surface area contributed by atoms with E-state index < -0.39 is 0 Å². The molecule has 0 bridgehead atoms. The molecule has 0 heteroatoms. The Bertz CT molecular complexity index is 1730. The van der Waals surface area contributed by atoms with Gasteiger partial charge in [-0.2, -0.15) is 0 Å². The smallest absolute Gasteiger partial charge is 0.0102 e. The van der Waals surface area contributed by atoms with E-state index in [4.69, 9.17) is 0 Å². The number of rotatable bonds is 9. The summed E-state index contributed by atoms with van der Waals surface area (Å²) >= 11 is 0. The van der Waals surface area contributed by atoms with Crippen molar-refractivity contribution in [3.63, 3.8) is 0 Å². The van der Waals surface area contributed by atoms with Gasteiger partial charge in [-0.05, 0) is 147 Å². The van der Waals surface area contributed by atoms with Crippen molar-refractivity contribution in [2.24, 2.45) is 0 Å². The van der Waals surface area contributed by atoms with E-state index in [0.29, 0.717) is 0 Å². The van der Waals surface area contributed by atoms with Gasteiger partial charge in [0, 0.05) is 0 Å². The molecule has 0 aliphatic carbocycles. The highest BCUT2D eigenvalue weighted by Crippen LogP contribution is 2.35. The summed E-state index contributed by atoms with van der Waals surface area (Å²) in [5.41, 5.74) is 16.2. The molecule has 0 saturated carbocycles. The third kappa shape index (κ3) is 18.5. The molecule has 0 radical (unpaired) electrons. The minimum atomic E-state index is 0. The van der Waals surface area contributed by atoms with E-state index in [1.54, 1.807) is 12.2 Å². The molecular weight excluding hydrogens is 661 g/mol. The SMILES string of the molecule is C.C=C/C=C\c1c(/C=C\C)c(C=C)c2ccc(C(=C)C)cc2c1C.C=CC.C=CC(=C(C)C)c1c(C)ccc(C(/C=C\C)=C/C)c1C.CC.CC.CC.CC. The van der Waals surface area contributed by atoms with Crippen LogP contribution in [0, 0.1) is 20.8 Å². The molecule has 55 heavy (non-hydrogen) atoms. The van der Waals surface area contributed by atoms with Gasteiger partial charge in [0.05, 0.1) is 0 Å². The Labute approximate surface area is 344 Å². The van der Waals surface area contributed by atoms with Crippen LogP contribution in [-0.2, 0) is 0 Å². The Balaban J connectivity index is -0.000000239. The molecule has 0 saturated heterocycles. The lowest BCUT2D eigenvalue weighted by atomic mass is 9.87. The number of allylic oxidation sites excluding steroid dienone is 12. The first kappa shape index (κ1) is 59.6. The standard InChI is InChI=1S/C23H24.C20H26.C3H6.4C2H6.CH4/c1-7-10-12-20-17(6)23-15-18(16(4)5)13-14-22(23)19(9-3)21(20)11-8-2;1-8-11-17(9-2)19-13-12-15(6)20(16(19)7)18(10-3)14(4)5;1-3-2;4*1-2;/h7-15H,1,3-4H2,2,5-6H3;8-13H,3H2,1-2,4-7H3;3H,1H2,2H3;4*1-2H3;1H4/b11-8-,12-10-;11-8-,17-9+;;;;;;. The first-order valence-electron chi connectivity index (χ1n) is 20.0. The van der Waals surface area contributed by atoms with Crippen molar-refractivity contribution in [3.8, 4) is 0 Å². The van der Waals surface area contributed by atoms with Crippen molar-refractivity contribution in [1.29, 1.82) is 0 Å². The number of hydrogen-bond donors (Lipinski definition) is 0. The Morgan fingerprint density at radius 1 is 0.636 bits per heavy atom. The van der Waals surface area contributed by atoms with Gasteiger partial charge in [0.15, 0.2) is 0 Å². The molecule has 0 aliphatic rings. The Kier molecular flexibility index (Phi) is 39.3. The van der Waals surface area contributed by atoms with E-state index in [2.05, 4.69) is 148 Å². The molecule has 0 N–H and O–H groups in total. The molecule has 0 nitrogen and oxygen atoms in total. The topological polar surface area (TPSA) is 0 Å². The maximum absolute atomic E-state index is 4.06. The predicted molar refractivity (Wildman–Crippen MR) is 268 cm³/mol. The Morgan fingerprint density at radius 2 is 1.18 bits per heavy atom. The monoisotopic (exact) mass is 745 g/mol. The molecule has 0 aliphatic heterocycles. The average molecular weight is 745 g/mol. The summed E-state index contributed by atoms with van der Waals surface area (Å²) in [6.45, 7) is 56.2. The third-order valence-corrected chi connectivity index (χ3v) is 7.78. The van der Waals surface area contributed by atoms with E-state index in [1.165, 1.54) is 77.6 Å². The van der Waals surface area contributed by atoms with Crippen LogP contribution in [-0.4, -0.2) is 0 Å². The minimum Gasteiger partial charge on any atom is -0.103 e. The lowest BCUT2D eigenvalue weighted by molar-refractivity contribution is 1.29. The fourth-order valence-corrected chi connectivity index (χ4v) is 5.59. The van der Waals surface area contributed by atoms with Crippen LogP contribution in [0.15, 0.2) is 117 Å². The van der Waals surface area contributed by atoms with Gasteiger partial charge in [-0.3, -0.25) is 0 Å². The highest BCUT2D eigenvalue weighted by atomic mass is 14.2. The van der Waals surface area contributed by atoms with Crippen LogP contribution in [0.1, 0.15) is 161 Å². The maximum Gasteiger partial charge on any atom is -0.0102 e. The molecule has 3 aromatic carbocycles. The molecule has 0 unspecified atom stereocenters. The largest absolute Gasteiger partial charge is 0.103 e. The van der Waals surface area contributed by atoms with Crippen LogP contribution < -0.4 is 0 Å². The van der Waals surface area contributed by atoms with E-state index in [9.17, 15) is 0 Å². The zero-order valence-corrected chi connectivity index (χ0v) is 38.3. The zero-order valence-electron chi connectivity index (χ0n) is 38.3. The van der Waals surface area contributed by atoms with Crippen LogP contribution in [0.2, 0.25) is 0 Å². The second-order valence-electron chi connectivity index (χ2n) is 11.4. The van der Waals surface area contributed by atoms with Crippen molar-refractivity contribution in [2.45, 2.75) is 132 Å². The molecule has 304 valence electrons. The molecule has 0 heterocycles. The molecule has 0 fully saturated rings. The molecule has 0 aromatic heterocycles. The lowest BCUT2D eigenvalue weighted by Gasteiger charge is -2.17. The van der Waals surface area contributed by atoms with Gasteiger partial charge < -0.3 is 0 Å². The summed E-state index contributed by atoms with van der Waals surface area (Å²) < 4.78 is 0. The van der Waals surface area contributed by atoms with Gasteiger partial charge in [0.2, 0.25) is 0 Å². The summed E-state index contributed by atoms with van der Waals surface area (Å²) in [5.74, 6) is 0. The van der Waals surface area contributed by atoms with E-state index in [-0.39, 0.29) is 7.43 Å². The second-order valence-corrected chi connectivity index (χ2v) is 11.4. The van der Waals surface area contributed by atoms with E-state index in [0.717, 1.165) is 5.57 Å². The summed E-state index contributed by atoms with van der Waals surface area (Å²) in [5, 5.41) is 2.48. The first-order chi connectivity index (χ1) is 25.9. The second kappa shape index (κ2) is 36.3. The normalized spacial score (nSPS) is 9.75. The highest BCUT2D eigenvalue weighted by Gasteiger charge is 2.14. The molecular formula is C55H84. The van der Waals surface area contributed by atoms with Crippen molar-refractivity contribution < 1.29 is 0 Å². The molecule has 0 amide bonds. The van der Waals surface area contributed by atoms with Crippen molar-refractivity contribution in [3.05, 3.63) is 167 Å². The van der Waals surface area contributed by atoms with Crippen LogP contribution in [0.5, 0.6) is 0 Å².